The van der Waals surface area contributed by atoms with E-state index in [1.165, 1.54) is 39.0 Å². The zero-order chi connectivity index (χ0) is 15.2. The normalized spacial score (nSPS) is 16.3. The highest BCUT2D eigenvalue weighted by Gasteiger charge is 2.16. The van der Waals surface area contributed by atoms with Gasteiger partial charge in [0.15, 0.2) is 0 Å². The zero-order valence-electron chi connectivity index (χ0n) is 12.1. The van der Waals surface area contributed by atoms with E-state index < -0.39 is 11.5 Å². The van der Waals surface area contributed by atoms with Crippen molar-refractivity contribution in [3.05, 3.63) is 21.6 Å². The Morgan fingerprint density at radius 1 is 1.43 bits per heavy atom. The molecule has 116 valence electrons. The zero-order valence-corrected chi connectivity index (χ0v) is 12.9. The van der Waals surface area contributed by atoms with Gasteiger partial charge in [0.25, 0.3) is 5.56 Å². The van der Waals surface area contributed by atoms with Crippen molar-refractivity contribution in [2.45, 2.75) is 51.1 Å². The second-order valence-electron chi connectivity index (χ2n) is 5.24. The Balaban J connectivity index is 2.12. The quantitative estimate of drug-likeness (QED) is 0.681. The first-order valence-corrected chi connectivity index (χ1v) is 7.58. The van der Waals surface area contributed by atoms with Crippen molar-refractivity contribution in [2.24, 2.45) is 0 Å². The van der Waals surface area contributed by atoms with Crippen LogP contribution in [0, 0.1) is 0 Å². The van der Waals surface area contributed by atoms with Gasteiger partial charge in [-0.05, 0) is 12.8 Å². The molecule has 0 aliphatic heterocycles. The van der Waals surface area contributed by atoms with Gasteiger partial charge in [-0.3, -0.25) is 9.59 Å². The van der Waals surface area contributed by atoms with Crippen LogP contribution in [0.3, 0.4) is 0 Å². The van der Waals surface area contributed by atoms with Gasteiger partial charge in [0.1, 0.15) is 11.6 Å². The Morgan fingerprint density at radius 3 is 2.71 bits per heavy atom. The van der Waals surface area contributed by atoms with Gasteiger partial charge in [-0.15, -0.1) is 0 Å². The number of carbonyl (C=O) groups excluding carboxylic acids is 1. The highest BCUT2D eigenvalue weighted by atomic mass is 35.5. The number of methoxy groups -OCH3 is 1. The molecule has 1 aromatic rings. The van der Waals surface area contributed by atoms with Gasteiger partial charge in [-0.2, -0.15) is 5.10 Å². The Labute approximate surface area is 128 Å². The molecule has 1 aliphatic carbocycles. The molecule has 1 fully saturated rings. The first kappa shape index (κ1) is 15.8. The predicted octanol–water partition coefficient (Wildman–Crippen LogP) is 2.20. The number of carbonyl (C=O) groups is 1. The van der Waals surface area contributed by atoms with E-state index >= 15 is 0 Å². The standard InChI is InChI=1S/C14H20ClN3O3/c1-21-12(19)9-18-14(20)13(15)11(8-16-18)17-10-6-4-2-3-5-7-10/h8,10,17H,2-7,9H2,1H3. The molecule has 0 aromatic carbocycles. The summed E-state index contributed by atoms with van der Waals surface area (Å²) in [6.45, 7) is -0.237. The third-order valence-corrected chi connectivity index (χ3v) is 4.07. The minimum Gasteiger partial charge on any atom is -0.468 e. The van der Waals surface area contributed by atoms with E-state index in [2.05, 4.69) is 15.2 Å². The maximum Gasteiger partial charge on any atom is 0.327 e. The number of ether oxygens (including phenoxy) is 1. The minimum absolute atomic E-state index is 0.0677. The molecular weight excluding hydrogens is 294 g/mol. The first-order chi connectivity index (χ1) is 10.1. The Morgan fingerprint density at radius 2 is 2.10 bits per heavy atom. The molecule has 1 saturated carbocycles. The molecule has 0 spiro atoms. The third kappa shape index (κ3) is 4.20. The van der Waals surface area contributed by atoms with Crippen LogP contribution >= 0.6 is 11.6 Å². The van der Waals surface area contributed by atoms with Crippen molar-refractivity contribution in [3.8, 4) is 0 Å². The number of anilines is 1. The highest BCUT2D eigenvalue weighted by molar-refractivity contribution is 6.32. The molecule has 0 bridgehead atoms. The number of rotatable bonds is 4. The van der Waals surface area contributed by atoms with Gasteiger partial charge in [0, 0.05) is 6.04 Å². The van der Waals surface area contributed by atoms with E-state index in [0.29, 0.717) is 11.7 Å². The predicted molar refractivity (Wildman–Crippen MR) is 80.6 cm³/mol. The van der Waals surface area contributed by atoms with E-state index in [0.717, 1.165) is 17.5 Å². The van der Waals surface area contributed by atoms with Crippen LogP contribution in [0.25, 0.3) is 0 Å². The Kier molecular flexibility index (Phi) is 5.61. The van der Waals surface area contributed by atoms with E-state index in [-0.39, 0.29) is 11.6 Å². The van der Waals surface area contributed by atoms with Gasteiger partial charge in [-0.25, -0.2) is 4.68 Å². The van der Waals surface area contributed by atoms with Gasteiger partial charge >= 0.3 is 5.97 Å². The van der Waals surface area contributed by atoms with Crippen LogP contribution < -0.4 is 10.9 Å². The van der Waals surface area contributed by atoms with Crippen molar-refractivity contribution in [1.29, 1.82) is 0 Å². The number of hydrogen-bond donors (Lipinski definition) is 1. The average molecular weight is 314 g/mol. The number of hydrogen-bond acceptors (Lipinski definition) is 5. The molecule has 7 heteroatoms. The van der Waals surface area contributed by atoms with Crippen molar-refractivity contribution in [1.82, 2.24) is 9.78 Å². The summed E-state index contributed by atoms with van der Waals surface area (Å²) in [5.74, 6) is -0.537. The third-order valence-electron chi connectivity index (χ3n) is 3.71. The van der Waals surface area contributed by atoms with Crippen molar-refractivity contribution < 1.29 is 9.53 Å². The SMILES string of the molecule is COC(=O)Cn1ncc(NC2CCCCCC2)c(Cl)c1=O. The molecule has 1 aromatic heterocycles. The van der Waals surface area contributed by atoms with Crippen LogP contribution in [0.2, 0.25) is 5.02 Å². The monoisotopic (exact) mass is 313 g/mol. The van der Waals surface area contributed by atoms with Gasteiger partial charge < -0.3 is 10.1 Å². The molecule has 6 nitrogen and oxygen atoms in total. The lowest BCUT2D eigenvalue weighted by atomic mass is 10.1. The summed E-state index contributed by atoms with van der Waals surface area (Å²) in [5.41, 5.74) is 0.0513. The Hall–Kier alpha value is -1.56. The lowest BCUT2D eigenvalue weighted by Crippen LogP contribution is -2.29. The minimum atomic E-state index is -0.537. The largest absolute Gasteiger partial charge is 0.468 e. The highest BCUT2D eigenvalue weighted by Crippen LogP contribution is 2.23. The molecule has 1 aliphatic rings. The van der Waals surface area contributed by atoms with Crippen LogP contribution in [-0.2, 0) is 16.1 Å². The summed E-state index contributed by atoms with van der Waals surface area (Å²) in [6.07, 6.45) is 8.51. The number of esters is 1. The van der Waals surface area contributed by atoms with E-state index in [4.69, 9.17) is 11.6 Å². The van der Waals surface area contributed by atoms with Gasteiger partial charge in [-0.1, -0.05) is 37.3 Å². The molecule has 1 N–H and O–H groups in total. The molecule has 0 atom stereocenters. The van der Waals surface area contributed by atoms with Gasteiger partial charge in [0.2, 0.25) is 0 Å². The fourth-order valence-electron chi connectivity index (χ4n) is 2.51. The molecule has 21 heavy (non-hydrogen) atoms. The van der Waals surface area contributed by atoms with Crippen LogP contribution in [0.5, 0.6) is 0 Å². The van der Waals surface area contributed by atoms with E-state index in [1.807, 2.05) is 0 Å². The summed E-state index contributed by atoms with van der Waals surface area (Å²) in [7, 11) is 1.26. The second kappa shape index (κ2) is 7.45. The summed E-state index contributed by atoms with van der Waals surface area (Å²) >= 11 is 6.10. The van der Waals surface area contributed by atoms with Crippen LogP contribution in [0.1, 0.15) is 38.5 Å². The van der Waals surface area contributed by atoms with Crippen molar-refractivity contribution in [2.75, 3.05) is 12.4 Å². The fourth-order valence-corrected chi connectivity index (χ4v) is 2.71. The molecule has 1 heterocycles. The van der Waals surface area contributed by atoms with Crippen LogP contribution in [-0.4, -0.2) is 28.9 Å². The van der Waals surface area contributed by atoms with E-state index in [1.54, 1.807) is 0 Å². The number of nitrogens with zero attached hydrogens (tertiary/aromatic N) is 2. The van der Waals surface area contributed by atoms with Crippen LogP contribution in [0.15, 0.2) is 11.0 Å². The molecule has 0 saturated heterocycles. The smallest absolute Gasteiger partial charge is 0.327 e. The number of nitrogens with one attached hydrogen (secondary N) is 1. The maximum absolute atomic E-state index is 12.1. The van der Waals surface area contributed by atoms with Gasteiger partial charge in [0.05, 0.1) is 19.0 Å². The summed E-state index contributed by atoms with van der Waals surface area (Å²) < 4.78 is 5.52. The molecule has 2 rings (SSSR count). The first-order valence-electron chi connectivity index (χ1n) is 7.21. The second-order valence-corrected chi connectivity index (χ2v) is 5.62. The molecule has 0 radical (unpaired) electrons. The summed E-state index contributed by atoms with van der Waals surface area (Å²) in [6, 6.07) is 0.322. The number of halogens is 1. The topological polar surface area (TPSA) is 73.2 Å². The summed E-state index contributed by atoms with van der Waals surface area (Å²) in [4.78, 5) is 23.3. The van der Waals surface area contributed by atoms with Crippen molar-refractivity contribution >= 4 is 23.3 Å². The van der Waals surface area contributed by atoms with Crippen molar-refractivity contribution in [3.63, 3.8) is 0 Å². The average Bonchev–Trinajstić information content (AvgIpc) is 2.75. The molecule has 0 amide bonds. The summed E-state index contributed by atoms with van der Waals surface area (Å²) in [5, 5.41) is 7.34. The van der Waals surface area contributed by atoms with E-state index in [9.17, 15) is 9.59 Å². The lowest BCUT2D eigenvalue weighted by molar-refractivity contribution is -0.141. The maximum atomic E-state index is 12.1. The lowest BCUT2D eigenvalue weighted by Gasteiger charge is -2.18. The fraction of sp³-hybridized carbons (Fsp3) is 0.643. The van der Waals surface area contributed by atoms with Crippen LogP contribution in [0.4, 0.5) is 5.69 Å². The molecular formula is C14H20ClN3O3. The number of aromatic nitrogens is 2. The molecule has 0 unspecified atom stereocenters. The Bertz CT molecular complexity index is 551.